The molecule has 0 bridgehead atoms. The van der Waals surface area contributed by atoms with Crippen LogP contribution in [0.4, 0.5) is 5.69 Å². The number of nitrogens with zero attached hydrogens (tertiary/aromatic N) is 2. The molecular weight excluding hydrogens is 379 g/mol. The molecule has 0 saturated carbocycles. The van der Waals surface area contributed by atoms with Gasteiger partial charge in [0.05, 0.1) is 17.3 Å². The maximum atomic E-state index is 6.12. The van der Waals surface area contributed by atoms with E-state index in [1.807, 2.05) is 30.5 Å². The monoisotopic (exact) mass is 398 g/mol. The Morgan fingerprint density at radius 1 is 1.04 bits per heavy atom. The van der Waals surface area contributed by atoms with Crippen molar-refractivity contribution in [2.24, 2.45) is 4.99 Å². The van der Waals surface area contributed by atoms with Gasteiger partial charge in [0, 0.05) is 29.5 Å². The van der Waals surface area contributed by atoms with Gasteiger partial charge in [0.25, 0.3) is 0 Å². The molecule has 0 saturated heterocycles. The average Bonchev–Trinajstić information content (AvgIpc) is 2.69. The number of aryl methyl sites for hydroxylation is 1. The minimum absolute atomic E-state index is 0.527. The predicted molar refractivity (Wildman–Crippen MR) is 113 cm³/mol. The summed E-state index contributed by atoms with van der Waals surface area (Å²) in [6.45, 7) is 2.71. The molecule has 138 valence electrons. The van der Waals surface area contributed by atoms with Gasteiger partial charge in [0.1, 0.15) is 5.75 Å². The molecule has 3 aromatic rings. The van der Waals surface area contributed by atoms with Crippen LogP contribution in [0.5, 0.6) is 5.75 Å². The summed E-state index contributed by atoms with van der Waals surface area (Å²) in [6.07, 6.45) is 5.47. The van der Waals surface area contributed by atoms with Gasteiger partial charge in [-0.1, -0.05) is 36.2 Å². The summed E-state index contributed by atoms with van der Waals surface area (Å²) in [5, 5.41) is 1.12. The number of aromatic nitrogens is 1. The summed E-state index contributed by atoms with van der Waals surface area (Å²) in [5.41, 5.74) is 3.93. The smallest absolute Gasteiger partial charge is 0.119 e. The standard InChI is InChI=1S/C22H20Cl2N2O/c1-2-16-3-7-19(25-14-16)11-12-27-20-8-4-17(5-9-20)15-26-22-10-6-18(23)13-21(22)24/h3-10,13-15H,2,11-12H2,1H3. The fourth-order valence-electron chi connectivity index (χ4n) is 2.47. The Bertz CT molecular complexity index is 907. The molecule has 0 aliphatic rings. The van der Waals surface area contributed by atoms with Crippen molar-refractivity contribution in [3.63, 3.8) is 0 Å². The molecule has 1 heterocycles. The van der Waals surface area contributed by atoms with Gasteiger partial charge in [-0.15, -0.1) is 0 Å². The van der Waals surface area contributed by atoms with Crippen LogP contribution in [0.3, 0.4) is 0 Å². The van der Waals surface area contributed by atoms with Gasteiger partial charge in [-0.2, -0.15) is 0 Å². The van der Waals surface area contributed by atoms with E-state index in [2.05, 4.69) is 29.0 Å². The van der Waals surface area contributed by atoms with E-state index in [1.54, 1.807) is 24.4 Å². The second-order valence-electron chi connectivity index (χ2n) is 6.03. The van der Waals surface area contributed by atoms with E-state index < -0.39 is 0 Å². The highest BCUT2D eigenvalue weighted by molar-refractivity contribution is 6.36. The van der Waals surface area contributed by atoms with E-state index in [0.717, 1.165) is 29.8 Å². The second kappa shape index (κ2) is 9.54. The van der Waals surface area contributed by atoms with Crippen molar-refractivity contribution in [1.82, 2.24) is 4.98 Å². The molecule has 3 rings (SSSR count). The van der Waals surface area contributed by atoms with Crippen LogP contribution >= 0.6 is 23.2 Å². The highest BCUT2D eigenvalue weighted by atomic mass is 35.5. The molecule has 0 N–H and O–H groups in total. The van der Waals surface area contributed by atoms with Crippen molar-refractivity contribution >= 4 is 35.1 Å². The highest BCUT2D eigenvalue weighted by Crippen LogP contribution is 2.27. The molecule has 2 aromatic carbocycles. The Morgan fingerprint density at radius 2 is 1.85 bits per heavy atom. The SMILES string of the molecule is CCc1ccc(CCOc2ccc(C=Nc3ccc(Cl)cc3Cl)cc2)nc1. The normalized spacial score (nSPS) is 11.1. The van der Waals surface area contributed by atoms with E-state index in [9.17, 15) is 0 Å². The van der Waals surface area contributed by atoms with Gasteiger partial charge < -0.3 is 4.74 Å². The molecular formula is C22H20Cl2N2O. The number of benzene rings is 2. The number of aliphatic imine (C=N–C) groups is 1. The first kappa shape index (κ1) is 19.4. The first-order chi connectivity index (χ1) is 13.1. The topological polar surface area (TPSA) is 34.5 Å². The van der Waals surface area contributed by atoms with Gasteiger partial charge in [0.15, 0.2) is 0 Å². The van der Waals surface area contributed by atoms with Crippen molar-refractivity contribution in [2.45, 2.75) is 19.8 Å². The molecule has 0 radical (unpaired) electrons. The van der Waals surface area contributed by atoms with E-state index in [0.29, 0.717) is 22.3 Å². The first-order valence-electron chi connectivity index (χ1n) is 8.80. The van der Waals surface area contributed by atoms with Gasteiger partial charge in [-0.25, -0.2) is 0 Å². The average molecular weight is 399 g/mol. The van der Waals surface area contributed by atoms with Crippen molar-refractivity contribution in [2.75, 3.05) is 6.61 Å². The largest absolute Gasteiger partial charge is 0.493 e. The van der Waals surface area contributed by atoms with Crippen LogP contribution in [-0.2, 0) is 12.8 Å². The van der Waals surface area contributed by atoms with E-state index in [-0.39, 0.29) is 0 Å². The summed E-state index contributed by atoms with van der Waals surface area (Å²) in [5.74, 6) is 0.821. The number of rotatable bonds is 7. The molecule has 0 spiro atoms. The van der Waals surface area contributed by atoms with Crippen molar-refractivity contribution < 1.29 is 4.74 Å². The lowest BCUT2D eigenvalue weighted by molar-refractivity contribution is 0.320. The molecule has 0 amide bonds. The predicted octanol–water partition coefficient (Wildman–Crippen LogP) is 6.32. The third kappa shape index (κ3) is 5.81. The number of pyridine rings is 1. The number of halogens is 2. The van der Waals surface area contributed by atoms with Gasteiger partial charge in [-0.3, -0.25) is 9.98 Å². The van der Waals surface area contributed by atoms with Crippen LogP contribution in [0.2, 0.25) is 10.0 Å². The molecule has 0 unspecified atom stereocenters. The van der Waals surface area contributed by atoms with Crippen LogP contribution < -0.4 is 4.74 Å². The van der Waals surface area contributed by atoms with E-state index >= 15 is 0 Å². The van der Waals surface area contributed by atoms with Crippen LogP contribution in [-0.4, -0.2) is 17.8 Å². The zero-order valence-corrected chi connectivity index (χ0v) is 16.5. The number of hydrogen-bond donors (Lipinski definition) is 0. The maximum absolute atomic E-state index is 6.12. The third-order valence-electron chi connectivity index (χ3n) is 4.06. The van der Waals surface area contributed by atoms with Crippen molar-refractivity contribution in [3.05, 3.63) is 87.7 Å². The lowest BCUT2D eigenvalue weighted by Crippen LogP contribution is -2.03. The number of hydrogen-bond acceptors (Lipinski definition) is 3. The highest BCUT2D eigenvalue weighted by Gasteiger charge is 2.00. The van der Waals surface area contributed by atoms with Crippen molar-refractivity contribution in [3.8, 4) is 5.75 Å². The third-order valence-corrected chi connectivity index (χ3v) is 4.60. The van der Waals surface area contributed by atoms with Crippen LogP contribution in [0.15, 0.2) is 65.8 Å². The molecule has 5 heteroatoms. The molecule has 0 atom stereocenters. The molecule has 27 heavy (non-hydrogen) atoms. The minimum atomic E-state index is 0.527. The Labute approximate surface area is 169 Å². The van der Waals surface area contributed by atoms with E-state index in [1.165, 1.54) is 5.56 Å². The van der Waals surface area contributed by atoms with Crippen LogP contribution in [0.1, 0.15) is 23.7 Å². The Balaban J connectivity index is 1.52. The lowest BCUT2D eigenvalue weighted by atomic mass is 10.2. The molecule has 0 aliphatic carbocycles. The fraction of sp³-hybridized carbons (Fsp3) is 0.182. The summed E-state index contributed by atoms with van der Waals surface area (Å²) in [6, 6.07) is 17.2. The van der Waals surface area contributed by atoms with Gasteiger partial charge in [0.2, 0.25) is 0 Å². The summed E-state index contributed by atoms with van der Waals surface area (Å²) in [4.78, 5) is 8.84. The summed E-state index contributed by atoms with van der Waals surface area (Å²) < 4.78 is 5.80. The Morgan fingerprint density at radius 3 is 2.52 bits per heavy atom. The molecule has 3 nitrogen and oxygen atoms in total. The van der Waals surface area contributed by atoms with Crippen molar-refractivity contribution in [1.29, 1.82) is 0 Å². The second-order valence-corrected chi connectivity index (χ2v) is 6.88. The minimum Gasteiger partial charge on any atom is -0.493 e. The lowest BCUT2D eigenvalue weighted by Gasteiger charge is -2.06. The maximum Gasteiger partial charge on any atom is 0.119 e. The molecule has 0 aliphatic heterocycles. The molecule has 0 fully saturated rings. The van der Waals surface area contributed by atoms with Crippen LogP contribution in [0.25, 0.3) is 0 Å². The van der Waals surface area contributed by atoms with Gasteiger partial charge in [-0.05, 0) is 66.1 Å². The Kier molecular flexibility index (Phi) is 6.86. The molecule has 1 aromatic heterocycles. The zero-order valence-electron chi connectivity index (χ0n) is 15.0. The van der Waals surface area contributed by atoms with E-state index in [4.69, 9.17) is 27.9 Å². The summed E-state index contributed by atoms with van der Waals surface area (Å²) >= 11 is 12.0. The Hall–Kier alpha value is -2.36. The van der Waals surface area contributed by atoms with Gasteiger partial charge >= 0.3 is 0 Å². The first-order valence-corrected chi connectivity index (χ1v) is 9.55. The summed E-state index contributed by atoms with van der Waals surface area (Å²) in [7, 11) is 0. The van der Waals surface area contributed by atoms with Crippen LogP contribution in [0, 0.1) is 0 Å². The number of ether oxygens (including phenoxy) is 1. The fourth-order valence-corrected chi connectivity index (χ4v) is 2.92. The zero-order chi connectivity index (χ0) is 19.1. The quantitative estimate of drug-likeness (QED) is 0.436.